The molecule has 508 valence electrons. The fourth-order valence-electron chi connectivity index (χ4n) is 8.45. The molecule has 0 bridgehead atoms. The van der Waals surface area contributed by atoms with Gasteiger partial charge in [0.25, 0.3) is 5.91 Å². The Morgan fingerprint density at radius 3 is 1.38 bits per heavy atom. The van der Waals surface area contributed by atoms with Gasteiger partial charge in [0, 0.05) is 26.6 Å². The zero-order valence-corrected chi connectivity index (χ0v) is 51.7. The van der Waals surface area contributed by atoms with E-state index in [1.165, 1.54) is 38.5 Å². The zero-order chi connectivity index (χ0) is 62.9. The Balaban J connectivity index is 2.35. The summed E-state index contributed by atoms with van der Waals surface area (Å²) in [5.41, 5.74) is 0. The molecule has 1 rings (SSSR count). The van der Waals surface area contributed by atoms with Crippen LogP contribution in [0.25, 0.3) is 0 Å². The normalized spacial score (nSPS) is 18.9. The maximum atomic E-state index is 13.4. The number of allylic oxidation sites excluding steroid dienone is 2. The van der Waals surface area contributed by atoms with Gasteiger partial charge in [0.15, 0.2) is 12.4 Å². The van der Waals surface area contributed by atoms with Gasteiger partial charge in [-0.05, 0) is 51.4 Å². The number of methoxy groups -OCH3 is 1. The van der Waals surface area contributed by atoms with Crippen LogP contribution in [0.2, 0.25) is 0 Å². The lowest BCUT2D eigenvalue weighted by molar-refractivity contribution is -0.326. The van der Waals surface area contributed by atoms with Crippen LogP contribution in [-0.4, -0.2) is 292 Å². The van der Waals surface area contributed by atoms with E-state index in [-0.39, 0.29) is 51.5 Å². The minimum absolute atomic E-state index is 0.0335. The number of aliphatic hydroxyl groups excluding tert-OH is 8. The van der Waals surface area contributed by atoms with Crippen molar-refractivity contribution in [3.63, 3.8) is 0 Å². The third-order valence-electron chi connectivity index (χ3n) is 13.5. The summed E-state index contributed by atoms with van der Waals surface area (Å²) in [6.45, 7) is 9.64. The molecule has 1 aliphatic heterocycles. The van der Waals surface area contributed by atoms with Crippen LogP contribution < -0.4 is 16.0 Å². The Hall–Kier alpha value is -2.69. The molecule has 2 unspecified atom stereocenters. The molecule has 1 fully saturated rings. The molecule has 0 saturated carbocycles. The number of carbonyl (C=O) groups excluding carboxylic acids is 3. The molecule has 27 heteroatoms. The number of hydrogen-bond acceptors (Lipinski definition) is 24. The summed E-state index contributed by atoms with van der Waals surface area (Å²) in [6.07, 6.45) is 3.17. The van der Waals surface area contributed by atoms with Crippen LogP contribution in [0.3, 0.4) is 0 Å². The van der Waals surface area contributed by atoms with Crippen LogP contribution in [0, 0.1) is 0 Å². The van der Waals surface area contributed by atoms with Crippen molar-refractivity contribution in [2.24, 2.45) is 0 Å². The Kier molecular flexibility index (Phi) is 55.5. The maximum absolute atomic E-state index is 13.4. The molecule has 1 saturated heterocycles. The van der Waals surface area contributed by atoms with Gasteiger partial charge >= 0.3 is 0 Å². The second-order valence-electron chi connectivity index (χ2n) is 20.6. The summed E-state index contributed by atoms with van der Waals surface area (Å²) in [5, 5.41) is 89.7. The van der Waals surface area contributed by atoms with Crippen molar-refractivity contribution in [1.29, 1.82) is 0 Å². The minimum atomic E-state index is -2.23. The van der Waals surface area contributed by atoms with Gasteiger partial charge in [-0.1, -0.05) is 70.4 Å². The van der Waals surface area contributed by atoms with Crippen LogP contribution in [0.4, 0.5) is 0 Å². The Labute approximate surface area is 510 Å². The molecule has 0 aromatic rings. The molecule has 11 N–H and O–H groups in total. The highest BCUT2D eigenvalue weighted by Gasteiger charge is 2.47. The fourth-order valence-corrected chi connectivity index (χ4v) is 8.45. The van der Waals surface area contributed by atoms with Crippen LogP contribution in [0.1, 0.15) is 116 Å². The molecule has 0 radical (unpaired) electrons. The number of carbonyl (C=O) groups is 3. The van der Waals surface area contributed by atoms with Gasteiger partial charge in [-0.2, -0.15) is 0 Å². The lowest BCUT2D eigenvalue weighted by Crippen LogP contribution is -2.62. The molecular weight excluding hydrogens is 1130 g/mol. The molecule has 1 heterocycles. The molecule has 0 aromatic carbocycles. The molecular formula is C59H113N3O24. The molecule has 0 aromatic heterocycles. The smallest absolute Gasteiger partial charge is 0.251 e. The van der Waals surface area contributed by atoms with Crippen molar-refractivity contribution in [3.8, 4) is 0 Å². The van der Waals surface area contributed by atoms with Gasteiger partial charge in [0.1, 0.15) is 48.8 Å². The summed E-state index contributed by atoms with van der Waals surface area (Å²) in [7, 11) is 1.63. The van der Waals surface area contributed by atoms with Crippen molar-refractivity contribution >= 4 is 17.7 Å². The maximum Gasteiger partial charge on any atom is 0.251 e. The molecule has 27 nitrogen and oxygen atoms in total. The first-order valence-corrected chi connectivity index (χ1v) is 31.3. The van der Waals surface area contributed by atoms with E-state index in [1.807, 2.05) is 0 Å². The summed E-state index contributed by atoms with van der Waals surface area (Å²) in [4.78, 5) is 39.4. The van der Waals surface area contributed by atoms with E-state index in [0.717, 1.165) is 38.5 Å². The molecule has 3 amide bonds. The van der Waals surface area contributed by atoms with Crippen molar-refractivity contribution in [1.82, 2.24) is 16.0 Å². The monoisotopic (exact) mass is 1250 g/mol. The van der Waals surface area contributed by atoms with Gasteiger partial charge in [-0.25, -0.2) is 0 Å². The summed E-state index contributed by atoms with van der Waals surface area (Å²) in [5.74, 6) is -1.76. The topological polar surface area (TPSA) is 369 Å². The van der Waals surface area contributed by atoms with Crippen molar-refractivity contribution in [2.45, 2.75) is 177 Å². The first-order valence-electron chi connectivity index (χ1n) is 31.3. The molecule has 0 spiro atoms. The van der Waals surface area contributed by atoms with E-state index in [0.29, 0.717) is 138 Å². The van der Waals surface area contributed by atoms with E-state index in [1.54, 1.807) is 7.11 Å². The second kappa shape index (κ2) is 58.7. The standard InChI is InChI=1S/C59H113N3O24/c1-3-4-5-6-7-8-9-10-11-12-13-14-15-16-17-21-50(66)62-47(20-18-19-22-60-58(73)54(70)53(69)56(48(65)45-63)86-59-55(71)52(68)51(67)49(46-64)85-59)57(72)61-23-24-75-27-28-77-31-32-79-35-36-81-39-40-83-43-44-84-42-41-82-38-37-80-34-33-78-30-29-76-26-25-74-2/h10-11,47-49,51-56,59,63-65,67-71H,3-9,12-46H2,1-2H3,(H,60,73)(H,61,72)(H,62,66)/b11-10-/t47?,48-,49-,51+,52+,53-,54-,55-,56?,59+/m1/s1. The first-order chi connectivity index (χ1) is 41.9. The lowest BCUT2D eigenvalue weighted by Gasteiger charge is -2.42. The number of unbranched alkanes of at least 4 members (excludes halogenated alkanes) is 12. The van der Waals surface area contributed by atoms with E-state index >= 15 is 0 Å². The average molecular weight is 1250 g/mol. The second-order valence-corrected chi connectivity index (χ2v) is 20.6. The number of rotatable bonds is 63. The van der Waals surface area contributed by atoms with Gasteiger partial charge in [0.2, 0.25) is 11.8 Å². The van der Waals surface area contributed by atoms with E-state index in [2.05, 4.69) is 35.0 Å². The van der Waals surface area contributed by atoms with Gasteiger partial charge < -0.3 is 118 Å². The van der Waals surface area contributed by atoms with Crippen molar-refractivity contribution < 1.29 is 117 Å². The number of hydrogen-bond donors (Lipinski definition) is 11. The highest BCUT2D eigenvalue weighted by Crippen LogP contribution is 2.25. The minimum Gasteiger partial charge on any atom is -0.394 e. The molecule has 1 aliphatic rings. The average Bonchev–Trinajstić information content (AvgIpc) is 1.92. The molecule has 10 atom stereocenters. The largest absolute Gasteiger partial charge is 0.394 e. The van der Waals surface area contributed by atoms with Gasteiger partial charge in [-0.3, -0.25) is 14.4 Å². The molecule has 0 aliphatic carbocycles. The first kappa shape index (κ1) is 81.3. The number of aliphatic hydroxyl groups is 8. The highest BCUT2D eigenvalue weighted by atomic mass is 16.7. The highest BCUT2D eigenvalue weighted by molar-refractivity contribution is 5.87. The van der Waals surface area contributed by atoms with Crippen LogP contribution in [0.5, 0.6) is 0 Å². The summed E-state index contributed by atoms with van der Waals surface area (Å²) < 4.78 is 70.5. The predicted octanol–water partition coefficient (Wildman–Crippen LogP) is -0.0161. The van der Waals surface area contributed by atoms with Crippen LogP contribution in [-0.2, 0) is 76.0 Å². The SMILES string of the molecule is CCCCCCCC/C=C\CCCCCCCC(=O)NC(CCCCNC(=O)[C@H](O)[C@@H](O)C(O[C@@H]1O[C@H](CO)[C@H](O)[C@H](O)[C@H]1O)[C@H](O)CO)C(=O)NCCOCCOCCOCCOCCOCCOCCOCCOCCOCCOCCOC. The number of nitrogens with one attached hydrogen (secondary N) is 3. The van der Waals surface area contributed by atoms with E-state index < -0.39 is 86.2 Å². The predicted molar refractivity (Wildman–Crippen MR) is 315 cm³/mol. The Bertz CT molecular complexity index is 1580. The van der Waals surface area contributed by atoms with Gasteiger partial charge in [0.05, 0.1) is 152 Å². The summed E-state index contributed by atoms with van der Waals surface area (Å²) >= 11 is 0. The Morgan fingerprint density at radius 2 is 0.930 bits per heavy atom. The third kappa shape index (κ3) is 43.9. The van der Waals surface area contributed by atoms with E-state index in [4.69, 9.17) is 61.6 Å². The third-order valence-corrected chi connectivity index (χ3v) is 13.5. The lowest BCUT2D eigenvalue weighted by atomic mass is 9.98. The molecule has 86 heavy (non-hydrogen) atoms. The quantitative estimate of drug-likeness (QED) is 0.0282. The van der Waals surface area contributed by atoms with Crippen LogP contribution >= 0.6 is 0 Å². The number of amides is 3. The zero-order valence-electron chi connectivity index (χ0n) is 51.7. The van der Waals surface area contributed by atoms with Crippen molar-refractivity contribution in [2.75, 3.05) is 172 Å². The van der Waals surface area contributed by atoms with Crippen LogP contribution in [0.15, 0.2) is 12.2 Å². The van der Waals surface area contributed by atoms with E-state index in [9.17, 15) is 55.2 Å². The van der Waals surface area contributed by atoms with Crippen molar-refractivity contribution in [3.05, 3.63) is 12.2 Å². The fraction of sp³-hybridized carbons (Fsp3) is 0.915. The summed E-state index contributed by atoms with van der Waals surface area (Å²) in [6, 6.07) is -0.892. The van der Waals surface area contributed by atoms with Gasteiger partial charge in [-0.15, -0.1) is 0 Å². The number of ether oxygens (including phenoxy) is 13. The Morgan fingerprint density at radius 1 is 0.500 bits per heavy atom.